The minimum Gasteiger partial charge on any atom is -0.306 e. The molecule has 1 heterocycles. The number of rotatable bonds is 10. The fourth-order valence-corrected chi connectivity index (χ4v) is 5.58. The van der Waals surface area contributed by atoms with Crippen LogP contribution in [0.2, 0.25) is 10.0 Å². The van der Waals surface area contributed by atoms with E-state index in [1.54, 1.807) is 0 Å². The first-order valence-electron chi connectivity index (χ1n) is 12.5. The zero-order valence-electron chi connectivity index (χ0n) is 21.5. The van der Waals surface area contributed by atoms with Crippen LogP contribution < -0.4 is 9.62 Å². The van der Waals surface area contributed by atoms with E-state index < -0.39 is 11.6 Å². The normalized spacial score (nSPS) is 15.1. The Bertz CT molecular complexity index is 1170. The predicted octanol–water partition coefficient (Wildman–Crippen LogP) is 7.36. The van der Waals surface area contributed by atoms with Gasteiger partial charge < -0.3 is 4.90 Å². The summed E-state index contributed by atoms with van der Waals surface area (Å²) >= 11 is 13.6. The molecule has 1 amide bonds. The van der Waals surface area contributed by atoms with Gasteiger partial charge in [0.05, 0.1) is 17.8 Å². The lowest BCUT2D eigenvalue weighted by Crippen LogP contribution is -2.62. The molecular formula is C29H31Cl2F2N3OS. The molecule has 1 aliphatic rings. The number of nitrogens with one attached hydrogen (secondary N) is 1. The molecule has 1 unspecified atom stereocenters. The van der Waals surface area contributed by atoms with Crippen molar-refractivity contribution in [3.05, 3.63) is 99.5 Å². The summed E-state index contributed by atoms with van der Waals surface area (Å²) in [5, 5.41) is 1.29. The van der Waals surface area contributed by atoms with Crippen LogP contribution in [0.5, 0.6) is 0 Å². The molecule has 0 saturated carbocycles. The molecule has 0 bridgehead atoms. The monoisotopic (exact) mass is 577 g/mol. The third-order valence-corrected chi connectivity index (χ3v) is 8.29. The van der Waals surface area contributed by atoms with Gasteiger partial charge in [-0.05, 0) is 60.4 Å². The van der Waals surface area contributed by atoms with Crippen LogP contribution in [0.3, 0.4) is 0 Å². The Labute approximate surface area is 237 Å². The van der Waals surface area contributed by atoms with E-state index in [1.807, 2.05) is 48.5 Å². The van der Waals surface area contributed by atoms with Crippen LogP contribution in [0.25, 0.3) is 0 Å². The van der Waals surface area contributed by atoms with Crippen LogP contribution >= 0.6 is 35.1 Å². The SMILES string of the molecule is CC(C)C(C)NSCC(=O)N(c1cc(F)cc(F)c1)C1CN(C(c2ccc(Cl)cc2)c2ccc(Cl)cc2)C1. The number of amides is 1. The first-order valence-corrected chi connectivity index (χ1v) is 14.3. The average Bonchev–Trinajstić information content (AvgIpc) is 2.83. The second kappa shape index (κ2) is 12.8. The van der Waals surface area contributed by atoms with Crippen LogP contribution in [0.1, 0.15) is 37.9 Å². The van der Waals surface area contributed by atoms with Gasteiger partial charge in [0, 0.05) is 40.9 Å². The molecule has 1 fully saturated rings. The lowest BCUT2D eigenvalue weighted by Gasteiger charge is -2.49. The lowest BCUT2D eigenvalue weighted by molar-refractivity contribution is -0.117. The zero-order chi connectivity index (χ0) is 27.4. The molecule has 0 radical (unpaired) electrons. The molecule has 1 atom stereocenters. The molecule has 38 heavy (non-hydrogen) atoms. The van der Waals surface area contributed by atoms with E-state index in [2.05, 4.69) is 30.4 Å². The molecule has 202 valence electrons. The highest BCUT2D eigenvalue weighted by Crippen LogP contribution is 2.36. The van der Waals surface area contributed by atoms with Crippen LogP contribution in [-0.2, 0) is 4.79 Å². The van der Waals surface area contributed by atoms with Gasteiger partial charge in [0.25, 0.3) is 0 Å². The number of likely N-dealkylation sites (tertiary alicyclic amines) is 1. The average molecular weight is 579 g/mol. The molecule has 1 N–H and O–H groups in total. The van der Waals surface area contributed by atoms with E-state index in [0.29, 0.717) is 29.1 Å². The number of hydrogen-bond acceptors (Lipinski definition) is 4. The minimum atomic E-state index is -0.714. The molecule has 1 aliphatic heterocycles. The summed E-state index contributed by atoms with van der Waals surface area (Å²) < 4.78 is 31.6. The van der Waals surface area contributed by atoms with Gasteiger partial charge in [-0.3, -0.25) is 14.4 Å². The van der Waals surface area contributed by atoms with Crippen LogP contribution in [0.15, 0.2) is 66.7 Å². The van der Waals surface area contributed by atoms with Crippen molar-refractivity contribution in [2.75, 3.05) is 23.7 Å². The highest BCUT2D eigenvalue weighted by Gasteiger charge is 2.40. The van der Waals surface area contributed by atoms with Crippen LogP contribution in [0.4, 0.5) is 14.5 Å². The van der Waals surface area contributed by atoms with Crippen molar-refractivity contribution in [1.29, 1.82) is 0 Å². The van der Waals surface area contributed by atoms with E-state index in [0.717, 1.165) is 17.2 Å². The number of carbonyl (C=O) groups is 1. The molecule has 0 aliphatic carbocycles. The molecule has 3 aromatic rings. The maximum Gasteiger partial charge on any atom is 0.238 e. The highest BCUT2D eigenvalue weighted by atomic mass is 35.5. The molecule has 9 heteroatoms. The maximum absolute atomic E-state index is 14.2. The zero-order valence-corrected chi connectivity index (χ0v) is 23.8. The van der Waals surface area contributed by atoms with Crippen molar-refractivity contribution in [2.24, 2.45) is 5.92 Å². The predicted molar refractivity (Wildman–Crippen MR) is 154 cm³/mol. The largest absolute Gasteiger partial charge is 0.306 e. The first-order chi connectivity index (χ1) is 18.1. The molecule has 1 saturated heterocycles. The van der Waals surface area contributed by atoms with Crippen molar-refractivity contribution in [3.8, 4) is 0 Å². The van der Waals surface area contributed by atoms with Gasteiger partial charge in [-0.1, -0.05) is 73.3 Å². The Morgan fingerprint density at radius 3 is 1.92 bits per heavy atom. The summed E-state index contributed by atoms with van der Waals surface area (Å²) in [5.74, 6) is -1.09. The Balaban J connectivity index is 1.56. The quantitative estimate of drug-likeness (QED) is 0.255. The Hall–Kier alpha value is -2.16. The molecule has 4 rings (SSSR count). The highest BCUT2D eigenvalue weighted by molar-refractivity contribution is 7.98. The standard InChI is InChI=1S/C29H31Cl2F2N3OS/c1-18(2)19(3)34-38-17-28(37)36(26-13-24(32)12-25(33)14-26)27-15-35(16-27)29(20-4-8-22(30)9-5-20)21-6-10-23(31)11-7-21/h4-14,18-19,27,29,34H,15-17H2,1-3H3. The van der Waals surface area contributed by atoms with Gasteiger partial charge in [-0.25, -0.2) is 8.78 Å². The van der Waals surface area contributed by atoms with Gasteiger partial charge in [-0.2, -0.15) is 0 Å². The summed E-state index contributed by atoms with van der Waals surface area (Å²) in [5.41, 5.74) is 2.32. The van der Waals surface area contributed by atoms with Gasteiger partial charge in [0.1, 0.15) is 11.6 Å². The summed E-state index contributed by atoms with van der Waals surface area (Å²) in [4.78, 5) is 17.2. The van der Waals surface area contributed by atoms with Gasteiger partial charge >= 0.3 is 0 Å². The fraction of sp³-hybridized carbons (Fsp3) is 0.345. The van der Waals surface area contributed by atoms with Crippen molar-refractivity contribution in [3.63, 3.8) is 0 Å². The van der Waals surface area contributed by atoms with Gasteiger partial charge in [0.15, 0.2) is 0 Å². The number of halogens is 4. The third kappa shape index (κ3) is 7.07. The first kappa shape index (κ1) is 28.8. The molecule has 4 nitrogen and oxygen atoms in total. The summed E-state index contributed by atoms with van der Waals surface area (Å²) in [6.07, 6.45) is 0. The number of nitrogens with zero attached hydrogens (tertiary/aromatic N) is 2. The Morgan fingerprint density at radius 1 is 0.947 bits per heavy atom. The molecule has 0 spiro atoms. The Morgan fingerprint density at radius 2 is 1.45 bits per heavy atom. The van der Waals surface area contributed by atoms with E-state index in [1.165, 1.54) is 29.0 Å². The van der Waals surface area contributed by atoms with Crippen molar-refractivity contribution < 1.29 is 13.6 Å². The van der Waals surface area contributed by atoms with Crippen LogP contribution in [-0.4, -0.2) is 41.7 Å². The second-order valence-electron chi connectivity index (χ2n) is 9.94. The van der Waals surface area contributed by atoms with E-state index in [-0.39, 0.29) is 35.5 Å². The molecule has 3 aromatic carbocycles. The maximum atomic E-state index is 14.2. The second-order valence-corrected chi connectivity index (χ2v) is 11.6. The van der Waals surface area contributed by atoms with Crippen molar-refractivity contribution >= 4 is 46.7 Å². The summed E-state index contributed by atoms with van der Waals surface area (Å²) in [7, 11) is 0. The summed E-state index contributed by atoms with van der Waals surface area (Å²) in [6.45, 7) is 7.31. The minimum absolute atomic E-state index is 0.0927. The van der Waals surface area contributed by atoms with E-state index in [9.17, 15) is 13.6 Å². The lowest BCUT2D eigenvalue weighted by atomic mass is 9.92. The van der Waals surface area contributed by atoms with Crippen molar-refractivity contribution in [2.45, 2.75) is 38.9 Å². The van der Waals surface area contributed by atoms with Crippen molar-refractivity contribution in [1.82, 2.24) is 9.62 Å². The van der Waals surface area contributed by atoms with E-state index >= 15 is 0 Å². The van der Waals surface area contributed by atoms with Gasteiger partial charge in [0.2, 0.25) is 5.91 Å². The topological polar surface area (TPSA) is 35.6 Å². The number of carbonyl (C=O) groups excluding carboxylic acids is 1. The van der Waals surface area contributed by atoms with E-state index in [4.69, 9.17) is 23.2 Å². The Kier molecular flexibility index (Phi) is 9.71. The number of hydrogen-bond donors (Lipinski definition) is 1. The third-order valence-electron chi connectivity index (χ3n) is 6.85. The summed E-state index contributed by atoms with van der Waals surface area (Å²) in [6, 6.07) is 18.5. The van der Waals surface area contributed by atoms with Gasteiger partial charge in [-0.15, -0.1) is 0 Å². The number of anilines is 1. The smallest absolute Gasteiger partial charge is 0.238 e. The number of benzene rings is 3. The van der Waals surface area contributed by atoms with Crippen LogP contribution in [0, 0.1) is 17.6 Å². The molecular weight excluding hydrogens is 547 g/mol. The fourth-order valence-electron chi connectivity index (χ4n) is 4.44. The molecule has 0 aromatic heterocycles.